The van der Waals surface area contributed by atoms with E-state index in [9.17, 15) is 42.4 Å². The first-order valence-electron chi connectivity index (χ1n) is 29.8. The number of ether oxygens (including phenoxy) is 2. The van der Waals surface area contributed by atoms with E-state index in [0.717, 1.165) is 68.5 Å². The SMILES string of the molecule is Cc1c(-c2ccc(N3CCc4cccc(C(=O)Nc5nc6ccccc6s5)c4C3)nc2C(=O)NS(=O)(=O)CCCn2cc(COCCOCCNc3cccc4c3C(=O)N(C3CCC(=O)NC3=O)C4=O)nn2)cc(C#N)n1CC1(C)CC2CC3CC(C1)C32. The standard InChI is InChI=1S/C63H65N13O10S2/c1-36-46(28-42(31-64)75(36)35-63(2)29-39-26-38-27-40(30-63)54(38)39)43-14-16-52(73-21-18-37-8-5-9-44(47(37)33-73)57(78)69-62-66-48-11-3-4-13-51(48)87-62)67-56(43)59(80)71-88(83,84)25-7-20-74-32-41(70-72-74)34-86-24-23-85-22-19-65-49-12-6-10-45-55(49)61(82)76(60(45)81)50-15-17-53(77)68-58(50)79/h3-6,8-14,16,28,32,38-40,50,54,65H,7,15,17-27,29-30,33-35H2,1-2H3,(H,71,80)(H,66,69,78)(H,68,77,79). The zero-order valence-corrected chi connectivity index (χ0v) is 50.3. The number of nitrogens with one attached hydrogen (secondary N) is 4. The largest absolute Gasteiger partial charge is 0.382 e. The summed E-state index contributed by atoms with van der Waals surface area (Å²) in [5, 5.41) is 27.7. The lowest BCUT2D eigenvalue weighted by molar-refractivity contribution is -0.160. The summed E-state index contributed by atoms with van der Waals surface area (Å²) in [5.74, 6) is -0.375. The Morgan fingerprint density at radius 2 is 1.69 bits per heavy atom. The van der Waals surface area contributed by atoms with Gasteiger partial charge in [-0.1, -0.05) is 53.8 Å². The fourth-order valence-corrected chi connectivity index (χ4v) is 16.2. The second-order valence-electron chi connectivity index (χ2n) is 24.2. The number of pyridine rings is 1. The molecule has 3 aliphatic carbocycles. The Morgan fingerprint density at radius 3 is 2.49 bits per heavy atom. The number of hydrogen-bond donors (Lipinski definition) is 4. The Labute approximate surface area is 511 Å². The second kappa shape index (κ2) is 23.8. The molecule has 4 N–H and O–H groups in total. The number of hydrogen-bond acceptors (Lipinski definition) is 18. The number of carbonyl (C=O) groups excluding carboxylic acids is 6. The highest BCUT2D eigenvalue weighted by molar-refractivity contribution is 7.90. The van der Waals surface area contributed by atoms with Crippen LogP contribution in [0.4, 0.5) is 16.6 Å². The number of benzene rings is 3. The number of aromatic nitrogens is 6. The highest BCUT2D eigenvalue weighted by Gasteiger charge is 2.59. The summed E-state index contributed by atoms with van der Waals surface area (Å²) in [6.07, 6.45) is 7.18. The normalized spacial score (nSPS) is 21.9. The van der Waals surface area contributed by atoms with Gasteiger partial charge >= 0.3 is 0 Å². The van der Waals surface area contributed by atoms with Gasteiger partial charge in [-0.2, -0.15) is 5.26 Å². The molecule has 13 rings (SSSR count). The molecule has 7 heterocycles. The third-order valence-electron chi connectivity index (χ3n) is 18.4. The number of para-hydroxylation sites is 1. The van der Waals surface area contributed by atoms with Crippen molar-refractivity contribution in [2.45, 2.75) is 97.5 Å². The maximum Gasteiger partial charge on any atom is 0.284 e. The van der Waals surface area contributed by atoms with E-state index < -0.39 is 51.4 Å². The van der Waals surface area contributed by atoms with Crippen LogP contribution in [0.1, 0.15) is 122 Å². The summed E-state index contributed by atoms with van der Waals surface area (Å²) in [6, 6.07) is 24.9. The van der Waals surface area contributed by atoms with Gasteiger partial charge in [0.2, 0.25) is 21.8 Å². The number of thiazole rings is 1. The molecular weight excluding hydrogens is 1160 g/mol. The number of anilines is 3. The number of aryl methyl sites for hydroxylation is 1. The number of sulfonamides is 1. The fraction of sp³-hybridized carbons (Fsp3) is 0.413. The van der Waals surface area contributed by atoms with Crippen molar-refractivity contribution in [1.29, 1.82) is 5.26 Å². The van der Waals surface area contributed by atoms with Gasteiger partial charge in [0.25, 0.3) is 23.6 Å². The molecule has 0 radical (unpaired) electrons. The highest BCUT2D eigenvalue weighted by Crippen LogP contribution is 2.67. The lowest BCUT2D eigenvalue weighted by Crippen LogP contribution is -2.58. The van der Waals surface area contributed by atoms with E-state index in [1.54, 1.807) is 36.5 Å². The van der Waals surface area contributed by atoms with Gasteiger partial charge in [0.1, 0.15) is 35.0 Å². The number of piperidine rings is 1. The second-order valence-corrected chi connectivity index (χ2v) is 27.1. The molecule has 0 bridgehead atoms. The Balaban J connectivity index is 0.635. The third kappa shape index (κ3) is 11.4. The molecule has 23 nitrogen and oxygen atoms in total. The molecule has 88 heavy (non-hydrogen) atoms. The van der Waals surface area contributed by atoms with Crippen molar-refractivity contribution in [2.24, 2.45) is 29.1 Å². The van der Waals surface area contributed by atoms with Crippen molar-refractivity contribution in [3.8, 4) is 17.2 Å². The number of nitriles is 1. The monoisotopic (exact) mass is 1230 g/mol. The maximum atomic E-state index is 14.7. The first kappa shape index (κ1) is 58.3. The molecule has 6 aliphatic rings. The Kier molecular flexibility index (Phi) is 15.8. The van der Waals surface area contributed by atoms with E-state index in [1.165, 1.54) is 34.9 Å². The van der Waals surface area contributed by atoms with E-state index >= 15 is 0 Å². The van der Waals surface area contributed by atoms with Crippen LogP contribution in [-0.2, 0) is 61.7 Å². The summed E-state index contributed by atoms with van der Waals surface area (Å²) in [7, 11) is -4.25. The van der Waals surface area contributed by atoms with Gasteiger partial charge in [-0.05, 0) is 141 Å². The van der Waals surface area contributed by atoms with E-state index in [1.807, 2.05) is 54.3 Å². The predicted octanol–water partition coefficient (Wildman–Crippen LogP) is 7.02. The van der Waals surface area contributed by atoms with Crippen molar-refractivity contribution in [3.05, 3.63) is 136 Å². The van der Waals surface area contributed by atoms with Crippen LogP contribution in [0.3, 0.4) is 0 Å². The molecule has 3 aromatic carbocycles. The summed E-state index contributed by atoms with van der Waals surface area (Å²) in [4.78, 5) is 91.8. The third-order valence-corrected chi connectivity index (χ3v) is 20.7. The molecule has 3 aliphatic heterocycles. The van der Waals surface area contributed by atoms with Crippen LogP contribution in [0.2, 0.25) is 0 Å². The maximum absolute atomic E-state index is 14.7. The first-order chi connectivity index (χ1) is 42.5. The topological polar surface area (TPSA) is 295 Å². The van der Waals surface area contributed by atoms with E-state index in [-0.39, 0.29) is 86.9 Å². The highest BCUT2D eigenvalue weighted by atomic mass is 32.2. The minimum Gasteiger partial charge on any atom is -0.382 e. The zero-order chi connectivity index (χ0) is 61.0. The number of rotatable bonds is 22. The van der Waals surface area contributed by atoms with Gasteiger partial charge in [0.15, 0.2) is 5.13 Å². The van der Waals surface area contributed by atoms with E-state index in [2.05, 4.69) is 53.5 Å². The van der Waals surface area contributed by atoms with Crippen molar-refractivity contribution >= 4 is 83.7 Å². The van der Waals surface area contributed by atoms with Gasteiger partial charge in [-0.15, -0.1) is 5.10 Å². The van der Waals surface area contributed by atoms with Crippen molar-refractivity contribution in [3.63, 3.8) is 0 Å². The van der Waals surface area contributed by atoms with Crippen LogP contribution in [0.5, 0.6) is 0 Å². The van der Waals surface area contributed by atoms with E-state index in [0.29, 0.717) is 70.8 Å². The van der Waals surface area contributed by atoms with Gasteiger partial charge in [0, 0.05) is 67.2 Å². The molecule has 3 atom stereocenters. The van der Waals surface area contributed by atoms with Crippen LogP contribution in [0.25, 0.3) is 21.3 Å². The average Bonchev–Trinajstić information content (AvgIpc) is 0.884. The van der Waals surface area contributed by atoms with Crippen LogP contribution in [0.15, 0.2) is 85.1 Å². The van der Waals surface area contributed by atoms with Crippen LogP contribution in [-0.4, -0.2) is 123 Å². The lowest BCUT2D eigenvalue weighted by atomic mass is 9.40. The molecule has 3 saturated carbocycles. The first-order valence-corrected chi connectivity index (χ1v) is 32.3. The van der Waals surface area contributed by atoms with Crippen LogP contribution >= 0.6 is 11.3 Å². The Hall–Kier alpha value is -8.70. The molecule has 4 aromatic heterocycles. The van der Waals surface area contributed by atoms with Gasteiger partial charge < -0.3 is 24.3 Å². The average molecular weight is 1230 g/mol. The molecule has 7 aromatic rings. The fourth-order valence-electron chi connectivity index (χ4n) is 14.4. The molecule has 454 valence electrons. The van der Waals surface area contributed by atoms with Gasteiger partial charge in [-0.3, -0.25) is 49.0 Å². The molecule has 25 heteroatoms. The molecule has 3 unspecified atom stereocenters. The van der Waals surface area contributed by atoms with Gasteiger partial charge in [0.05, 0.1) is 59.7 Å². The van der Waals surface area contributed by atoms with Crippen LogP contribution in [0, 0.1) is 47.3 Å². The number of fused-ring (bicyclic) bond motifs is 3. The summed E-state index contributed by atoms with van der Waals surface area (Å²) in [5.41, 5.74) is 6.45. The van der Waals surface area contributed by atoms with Gasteiger partial charge in [-0.25, -0.2) is 23.1 Å². The summed E-state index contributed by atoms with van der Waals surface area (Å²) in [6.45, 7) is 6.96. The number of amides is 6. The molecule has 1 saturated heterocycles. The molecular formula is C63H65N13O10S2. The smallest absolute Gasteiger partial charge is 0.284 e. The Morgan fingerprint density at radius 1 is 0.886 bits per heavy atom. The zero-order valence-electron chi connectivity index (χ0n) is 48.6. The number of carbonyl (C=O) groups is 6. The summed E-state index contributed by atoms with van der Waals surface area (Å²) >= 11 is 1.39. The Bertz CT molecular complexity index is 4100. The number of imide groups is 2. The quantitative estimate of drug-likeness (QED) is 0.0392. The minimum atomic E-state index is -4.25. The van der Waals surface area contributed by atoms with Crippen molar-refractivity contribution < 1.29 is 46.7 Å². The lowest BCUT2D eigenvalue weighted by Gasteiger charge is -2.65. The van der Waals surface area contributed by atoms with Crippen molar-refractivity contribution in [1.82, 2.24) is 44.5 Å². The van der Waals surface area contributed by atoms with E-state index in [4.69, 9.17) is 14.5 Å². The molecule has 4 fully saturated rings. The predicted molar refractivity (Wildman–Crippen MR) is 324 cm³/mol. The number of nitrogens with zero attached hydrogens (tertiary/aromatic N) is 9. The molecule has 6 amide bonds. The van der Waals surface area contributed by atoms with Crippen LogP contribution < -0.4 is 25.6 Å². The van der Waals surface area contributed by atoms with Crippen molar-refractivity contribution in [2.75, 3.05) is 54.2 Å². The molecule has 0 spiro atoms. The summed E-state index contributed by atoms with van der Waals surface area (Å²) < 4.78 is 46.1. The minimum absolute atomic E-state index is 0.00848.